The minimum absolute atomic E-state index is 0.158. The highest BCUT2D eigenvalue weighted by Crippen LogP contribution is 2.25. The van der Waals surface area contributed by atoms with Crippen LogP contribution in [0.25, 0.3) is 0 Å². The zero-order valence-corrected chi connectivity index (χ0v) is 13.5. The van der Waals surface area contributed by atoms with Gasteiger partial charge in [0.15, 0.2) is 0 Å². The van der Waals surface area contributed by atoms with E-state index >= 15 is 0 Å². The van der Waals surface area contributed by atoms with Crippen LogP contribution in [0.2, 0.25) is 0 Å². The number of rotatable bonds is 5. The van der Waals surface area contributed by atoms with Gasteiger partial charge in [0.25, 0.3) is 5.91 Å². The van der Waals surface area contributed by atoms with Crippen molar-refractivity contribution >= 4 is 5.91 Å². The quantitative estimate of drug-likeness (QED) is 0.851. The molecular weight excluding hydrogens is 278 g/mol. The molecule has 0 fully saturated rings. The number of hydrogen-bond donors (Lipinski definition) is 0. The van der Waals surface area contributed by atoms with Crippen LogP contribution in [-0.2, 0) is 0 Å². The molecule has 0 aliphatic heterocycles. The topological polar surface area (TPSA) is 55.3 Å². The van der Waals surface area contributed by atoms with E-state index in [1.807, 2.05) is 19.9 Å². The molecular formula is C17H21N3O2. The first kappa shape index (κ1) is 15.9. The Morgan fingerprint density at radius 3 is 2.59 bits per heavy atom. The standard InChI is InChI=1S/C17H21N3O2/c1-12-5-6-13(2)16(14(12)3)22-10-9-20(4)17(21)15-11-18-7-8-19-15/h5-8,11H,9-10H2,1-4H3. The lowest BCUT2D eigenvalue weighted by Crippen LogP contribution is -2.31. The van der Waals surface area contributed by atoms with Crippen molar-refractivity contribution in [2.75, 3.05) is 20.2 Å². The summed E-state index contributed by atoms with van der Waals surface area (Å²) in [4.78, 5) is 21.6. The Labute approximate surface area is 131 Å². The number of amides is 1. The Hall–Kier alpha value is -2.43. The second-order valence-electron chi connectivity index (χ2n) is 5.32. The van der Waals surface area contributed by atoms with Crippen LogP contribution in [0.5, 0.6) is 5.75 Å². The van der Waals surface area contributed by atoms with Gasteiger partial charge in [0.2, 0.25) is 0 Å². The summed E-state index contributed by atoms with van der Waals surface area (Å²) >= 11 is 0. The minimum Gasteiger partial charge on any atom is -0.491 e. The molecule has 0 N–H and O–H groups in total. The molecule has 116 valence electrons. The van der Waals surface area contributed by atoms with Crippen LogP contribution < -0.4 is 4.74 Å². The second-order valence-corrected chi connectivity index (χ2v) is 5.32. The van der Waals surface area contributed by atoms with E-state index in [1.165, 1.54) is 18.0 Å². The van der Waals surface area contributed by atoms with Crippen LogP contribution in [0.1, 0.15) is 27.2 Å². The van der Waals surface area contributed by atoms with Crippen LogP contribution >= 0.6 is 0 Å². The number of carbonyl (C=O) groups excluding carboxylic acids is 1. The molecule has 0 aliphatic rings. The predicted molar refractivity (Wildman–Crippen MR) is 85.1 cm³/mol. The zero-order chi connectivity index (χ0) is 16.1. The maximum Gasteiger partial charge on any atom is 0.273 e. The number of carbonyl (C=O) groups is 1. The van der Waals surface area contributed by atoms with Gasteiger partial charge in [-0.15, -0.1) is 0 Å². The van der Waals surface area contributed by atoms with Crippen molar-refractivity contribution in [2.24, 2.45) is 0 Å². The maximum absolute atomic E-state index is 12.1. The summed E-state index contributed by atoms with van der Waals surface area (Å²) in [6.45, 7) is 7.06. The summed E-state index contributed by atoms with van der Waals surface area (Å²) in [7, 11) is 1.73. The fourth-order valence-corrected chi connectivity index (χ4v) is 2.14. The van der Waals surface area contributed by atoms with Crippen molar-refractivity contribution in [3.63, 3.8) is 0 Å². The van der Waals surface area contributed by atoms with Gasteiger partial charge in [-0.2, -0.15) is 0 Å². The van der Waals surface area contributed by atoms with E-state index in [-0.39, 0.29) is 5.91 Å². The van der Waals surface area contributed by atoms with Crippen LogP contribution in [-0.4, -0.2) is 41.0 Å². The Morgan fingerprint density at radius 1 is 1.18 bits per heavy atom. The lowest BCUT2D eigenvalue weighted by molar-refractivity contribution is 0.0767. The first-order valence-corrected chi connectivity index (χ1v) is 7.21. The molecule has 0 unspecified atom stereocenters. The van der Waals surface area contributed by atoms with Crippen molar-refractivity contribution in [1.29, 1.82) is 0 Å². The summed E-state index contributed by atoms with van der Waals surface area (Å²) in [6.07, 6.45) is 4.52. The molecule has 5 heteroatoms. The lowest BCUT2D eigenvalue weighted by atomic mass is 10.1. The van der Waals surface area contributed by atoms with Crippen molar-refractivity contribution in [3.8, 4) is 5.75 Å². The number of likely N-dealkylation sites (N-methyl/N-ethyl adjacent to an activating group) is 1. The summed E-state index contributed by atoms with van der Waals surface area (Å²) in [6, 6.07) is 4.13. The van der Waals surface area contributed by atoms with Crippen LogP contribution in [0.3, 0.4) is 0 Å². The molecule has 1 aromatic carbocycles. The normalized spacial score (nSPS) is 10.4. The fraction of sp³-hybridized carbons (Fsp3) is 0.353. The highest BCUT2D eigenvalue weighted by atomic mass is 16.5. The first-order chi connectivity index (χ1) is 10.5. The lowest BCUT2D eigenvalue weighted by Gasteiger charge is -2.19. The third-order valence-electron chi connectivity index (χ3n) is 3.68. The van der Waals surface area contributed by atoms with Gasteiger partial charge < -0.3 is 9.64 Å². The summed E-state index contributed by atoms with van der Waals surface area (Å²) in [5, 5.41) is 0. The Balaban J connectivity index is 1.94. The molecule has 1 amide bonds. The molecule has 2 aromatic rings. The van der Waals surface area contributed by atoms with Crippen LogP contribution in [0, 0.1) is 20.8 Å². The van der Waals surface area contributed by atoms with E-state index in [2.05, 4.69) is 23.0 Å². The van der Waals surface area contributed by atoms with Gasteiger partial charge in [0, 0.05) is 19.4 Å². The molecule has 1 aromatic heterocycles. The van der Waals surface area contributed by atoms with Gasteiger partial charge in [0.05, 0.1) is 12.7 Å². The monoisotopic (exact) mass is 299 g/mol. The zero-order valence-electron chi connectivity index (χ0n) is 13.5. The molecule has 0 spiro atoms. The molecule has 0 saturated heterocycles. The number of nitrogens with zero attached hydrogens (tertiary/aromatic N) is 3. The Morgan fingerprint density at radius 2 is 1.91 bits per heavy atom. The van der Waals surface area contributed by atoms with E-state index in [1.54, 1.807) is 18.1 Å². The molecule has 1 heterocycles. The van der Waals surface area contributed by atoms with Crippen molar-refractivity contribution in [2.45, 2.75) is 20.8 Å². The predicted octanol–water partition coefficient (Wildman–Crippen LogP) is 2.55. The molecule has 0 atom stereocenters. The Kier molecular flexibility index (Phi) is 5.09. The van der Waals surface area contributed by atoms with E-state index in [4.69, 9.17) is 4.74 Å². The third-order valence-corrected chi connectivity index (χ3v) is 3.68. The molecule has 0 saturated carbocycles. The van der Waals surface area contributed by atoms with Crippen LogP contribution in [0.15, 0.2) is 30.7 Å². The molecule has 0 bridgehead atoms. The highest BCUT2D eigenvalue weighted by Gasteiger charge is 2.13. The van der Waals surface area contributed by atoms with Gasteiger partial charge in [-0.3, -0.25) is 9.78 Å². The number of benzene rings is 1. The maximum atomic E-state index is 12.1. The smallest absolute Gasteiger partial charge is 0.273 e. The average molecular weight is 299 g/mol. The van der Waals surface area contributed by atoms with Gasteiger partial charge in [-0.1, -0.05) is 12.1 Å². The van der Waals surface area contributed by atoms with E-state index in [0.717, 1.165) is 16.9 Å². The van der Waals surface area contributed by atoms with E-state index in [9.17, 15) is 4.79 Å². The first-order valence-electron chi connectivity index (χ1n) is 7.21. The number of hydrogen-bond acceptors (Lipinski definition) is 4. The molecule has 0 aliphatic carbocycles. The van der Waals surface area contributed by atoms with Crippen LogP contribution in [0.4, 0.5) is 0 Å². The van der Waals surface area contributed by atoms with Gasteiger partial charge in [-0.05, 0) is 37.5 Å². The molecule has 0 radical (unpaired) electrons. The number of ether oxygens (including phenoxy) is 1. The second kappa shape index (κ2) is 7.02. The molecule has 22 heavy (non-hydrogen) atoms. The minimum atomic E-state index is -0.158. The Bertz CT molecular complexity index is 656. The SMILES string of the molecule is Cc1ccc(C)c(OCCN(C)C(=O)c2cnccn2)c1C. The van der Waals surface area contributed by atoms with Crippen molar-refractivity contribution in [1.82, 2.24) is 14.9 Å². The van der Waals surface area contributed by atoms with Gasteiger partial charge in [-0.25, -0.2) is 4.98 Å². The van der Waals surface area contributed by atoms with E-state index < -0.39 is 0 Å². The molecule has 5 nitrogen and oxygen atoms in total. The largest absolute Gasteiger partial charge is 0.491 e. The average Bonchev–Trinajstić information content (AvgIpc) is 2.54. The van der Waals surface area contributed by atoms with Crippen molar-refractivity contribution in [3.05, 3.63) is 53.1 Å². The summed E-state index contributed by atoms with van der Waals surface area (Å²) in [5.74, 6) is 0.745. The fourth-order valence-electron chi connectivity index (χ4n) is 2.14. The highest BCUT2D eigenvalue weighted by molar-refractivity contribution is 5.91. The summed E-state index contributed by atoms with van der Waals surface area (Å²) in [5.41, 5.74) is 3.78. The van der Waals surface area contributed by atoms with Gasteiger partial charge >= 0.3 is 0 Å². The van der Waals surface area contributed by atoms with Gasteiger partial charge in [0.1, 0.15) is 18.1 Å². The molecule has 2 rings (SSSR count). The summed E-state index contributed by atoms with van der Waals surface area (Å²) < 4.78 is 5.88. The van der Waals surface area contributed by atoms with Crippen molar-refractivity contribution < 1.29 is 9.53 Å². The number of aromatic nitrogens is 2. The third kappa shape index (κ3) is 3.61. The number of aryl methyl sites for hydroxylation is 2. The van der Waals surface area contributed by atoms with E-state index in [0.29, 0.717) is 18.8 Å².